The predicted octanol–water partition coefficient (Wildman–Crippen LogP) is 11.6. The predicted molar refractivity (Wildman–Crippen MR) is 198 cm³/mol. The minimum absolute atomic E-state index is 0.138. The van der Waals surface area contributed by atoms with Crippen LogP contribution < -0.4 is 0 Å². The van der Waals surface area contributed by atoms with E-state index in [9.17, 15) is 0 Å². The SMILES string of the molecule is CC1(C)c2ccccc2-c2ccc3c(c21)c1ccccc1n3-c1nc(-c2ccc(-c3ccccc3)cc2)c2sc3ccccc3c2n1. The third-order valence-corrected chi connectivity index (χ3v) is 11.2. The summed E-state index contributed by atoms with van der Waals surface area (Å²) < 4.78 is 4.62. The van der Waals surface area contributed by atoms with E-state index in [4.69, 9.17) is 9.97 Å². The van der Waals surface area contributed by atoms with Crippen molar-refractivity contribution < 1.29 is 0 Å². The normalized spacial score (nSPS) is 13.5. The lowest BCUT2D eigenvalue weighted by Crippen LogP contribution is -2.15. The first-order valence-electron chi connectivity index (χ1n) is 16.1. The quantitative estimate of drug-likeness (QED) is 0.197. The average molecular weight is 620 g/mol. The molecule has 0 unspecified atom stereocenters. The van der Waals surface area contributed by atoms with Crippen molar-refractivity contribution >= 4 is 53.4 Å². The van der Waals surface area contributed by atoms with Crippen molar-refractivity contribution in [3.05, 3.63) is 151 Å². The van der Waals surface area contributed by atoms with Gasteiger partial charge in [0.2, 0.25) is 5.95 Å². The van der Waals surface area contributed by atoms with Gasteiger partial charge in [0.15, 0.2) is 0 Å². The molecule has 1 aliphatic carbocycles. The van der Waals surface area contributed by atoms with Crippen molar-refractivity contribution in [2.24, 2.45) is 0 Å². The lowest BCUT2D eigenvalue weighted by Gasteiger charge is -2.22. The van der Waals surface area contributed by atoms with Gasteiger partial charge in [-0.15, -0.1) is 11.3 Å². The maximum Gasteiger partial charge on any atom is 0.235 e. The Morgan fingerprint density at radius 1 is 0.553 bits per heavy atom. The van der Waals surface area contributed by atoms with Crippen molar-refractivity contribution in [2.75, 3.05) is 0 Å². The van der Waals surface area contributed by atoms with Gasteiger partial charge in [-0.05, 0) is 51.6 Å². The summed E-state index contributed by atoms with van der Waals surface area (Å²) in [5, 5.41) is 3.68. The topological polar surface area (TPSA) is 30.7 Å². The molecule has 0 radical (unpaired) electrons. The maximum atomic E-state index is 5.44. The number of hydrogen-bond acceptors (Lipinski definition) is 3. The summed E-state index contributed by atoms with van der Waals surface area (Å²) in [5.74, 6) is 0.697. The summed E-state index contributed by atoms with van der Waals surface area (Å²) in [6, 6.07) is 50.1. The van der Waals surface area contributed by atoms with E-state index in [0.717, 1.165) is 37.9 Å². The highest BCUT2D eigenvalue weighted by atomic mass is 32.1. The molecule has 0 amide bonds. The van der Waals surface area contributed by atoms with E-state index in [1.54, 1.807) is 11.3 Å². The van der Waals surface area contributed by atoms with E-state index in [2.05, 4.69) is 158 Å². The van der Waals surface area contributed by atoms with Gasteiger partial charge in [0.1, 0.15) is 0 Å². The summed E-state index contributed by atoms with van der Waals surface area (Å²) >= 11 is 1.77. The van der Waals surface area contributed by atoms with Crippen LogP contribution in [0, 0.1) is 0 Å². The highest BCUT2D eigenvalue weighted by Crippen LogP contribution is 2.53. The molecule has 0 fully saturated rings. The molecule has 3 heterocycles. The summed E-state index contributed by atoms with van der Waals surface area (Å²) in [5.41, 5.74) is 13.0. The number of thiophene rings is 1. The van der Waals surface area contributed by atoms with Crippen LogP contribution in [-0.2, 0) is 5.41 Å². The van der Waals surface area contributed by atoms with Crippen LogP contribution in [0.25, 0.3) is 81.6 Å². The molecule has 0 saturated heterocycles. The average Bonchev–Trinajstić information content (AvgIpc) is 3.74. The summed E-state index contributed by atoms with van der Waals surface area (Å²) in [7, 11) is 0. The summed E-state index contributed by atoms with van der Waals surface area (Å²) in [4.78, 5) is 10.8. The molecule has 0 saturated carbocycles. The van der Waals surface area contributed by atoms with Crippen molar-refractivity contribution in [3.8, 4) is 39.5 Å². The van der Waals surface area contributed by atoms with Gasteiger partial charge >= 0.3 is 0 Å². The zero-order valence-electron chi connectivity index (χ0n) is 26.0. The lowest BCUT2D eigenvalue weighted by molar-refractivity contribution is 0.666. The van der Waals surface area contributed by atoms with Crippen LogP contribution in [-0.4, -0.2) is 14.5 Å². The van der Waals surface area contributed by atoms with Crippen LogP contribution in [0.5, 0.6) is 0 Å². The highest BCUT2D eigenvalue weighted by molar-refractivity contribution is 7.26. The van der Waals surface area contributed by atoms with E-state index < -0.39 is 0 Å². The van der Waals surface area contributed by atoms with Crippen molar-refractivity contribution in [1.82, 2.24) is 14.5 Å². The Morgan fingerprint density at radius 2 is 1.23 bits per heavy atom. The van der Waals surface area contributed by atoms with Crippen LogP contribution in [0.3, 0.4) is 0 Å². The van der Waals surface area contributed by atoms with Gasteiger partial charge < -0.3 is 0 Å². The number of hydrogen-bond donors (Lipinski definition) is 0. The molecule has 0 atom stereocenters. The molecule has 3 aromatic heterocycles. The minimum atomic E-state index is -0.138. The van der Waals surface area contributed by atoms with Crippen LogP contribution in [0.15, 0.2) is 140 Å². The fourth-order valence-corrected chi connectivity index (χ4v) is 9.03. The standard InChI is InChI=1S/C43H29N3S/c1-43(2)33-17-9-6-14-29(33)30-24-25-35-37(38(30)43)31-15-7-10-18-34(31)46(35)42-44-39(41-40(45-42)32-16-8-11-19-36(32)47-41)28-22-20-27(21-23-28)26-12-4-3-5-13-26/h3-25H,1-2H3. The van der Waals surface area contributed by atoms with Crippen LogP contribution in [0.2, 0.25) is 0 Å². The largest absolute Gasteiger partial charge is 0.278 e. The smallest absolute Gasteiger partial charge is 0.235 e. The van der Waals surface area contributed by atoms with Crippen molar-refractivity contribution in [1.29, 1.82) is 0 Å². The lowest BCUT2D eigenvalue weighted by atomic mass is 9.80. The van der Waals surface area contributed by atoms with Gasteiger partial charge in [0, 0.05) is 31.8 Å². The molecule has 9 aromatic rings. The number of fused-ring (bicyclic) bond motifs is 10. The molecule has 10 rings (SSSR count). The second-order valence-corrected chi connectivity index (χ2v) is 14.0. The molecule has 0 bridgehead atoms. The molecule has 3 nitrogen and oxygen atoms in total. The fourth-order valence-electron chi connectivity index (χ4n) is 7.87. The van der Waals surface area contributed by atoms with Crippen molar-refractivity contribution in [3.63, 3.8) is 0 Å². The van der Waals surface area contributed by atoms with Crippen LogP contribution in [0.1, 0.15) is 25.0 Å². The number of nitrogens with zero attached hydrogens (tertiary/aromatic N) is 3. The van der Waals surface area contributed by atoms with Gasteiger partial charge in [-0.3, -0.25) is 4.57 Å². The zero-order valence-corrected chi connectivity index (χ0v) is 26.8. The Balaban J connectivity index is 1.27. The number of benzene rings is 6. The first-order chi connectivity index (χ1) is 23.1. The van der Waals surface area contributed by atoms with E-state index in [1.165, 1.54) is 48.9 Å². The summed E-state index contributed by atoms with van der Waals surface area (Å²) in [6.45, 7) is 4.72. The molecule has 0 aliphatic heterocycles. The van der Waals surface area contributed by atoms with Gasteiger partial charge in [0.05, 0.1) is 26.9 Å². The molecule has 0 spiro atoms. The number of rotatable bonds is 3. The molecule has 47 heavy (non-hydrogen) atoms. The van der Waals surface area contributed by atoms with Gasteiger partial charge in [-0.1, -0.05) is 135 Å². The van der Waals surface area contributed by atoms with E-state index in [-0.39, 0.29) is 5.41 Å². The second kappa shape index (κ2) is 9.71. The minimum Gasteiger partial charge on any atom is -0.278 e. The number of para-hydroxylation sites is 1. The van der Waals surface area contributed by atoms with E-state index in [1.807, 2.05) is 0 Å². The Bertz CT molecular complexity index is 2700. The fraction of sp³-hybridized carbons (Fsp3) is 0.0698. The van der Waals surface area contributed by atoms with Gasteiger partial charge in [0.25, 0.3) is 0 Å². The number of aromatic nitrogens is 3. The monoisotopic (exact) mass is 619 g/mol. The third kappa shape index (κ3) is 3.73. The van der Waals surface area contributed by atoms with Crippen LogP contribution in [0.4, 0.5) is 0 Å². The molecular weight excluding hydrogens is 591 g/mol. The molecular formula is C43H29N3S. The highest BCUT2D eigenvalue weighted by Gasteiger charge is 2.38. The zero-order chi connectivity index (χ0) is 31.3. The Labute approximate surface area is 276 Å². The third-order valence-electron chi connectivity index (χ3n) is 10.0. The van der Waals surface area contributed by atoms with E-state index >= 15 is 0 Å². The maximum absolute atomic E-state index is 5.44. The van der Waals surface area contributed by atoms with Gasteiger partial charge in [-0.25, -0.2) is 9.97 Å². The summed E-state index contributed by atoms with van der Waals surface area (Å²) in [6.07, 6.45) is 0. The Hall–Kier alpha value is -5.58. The van der Waals surface area contributed by atoms with Gasteiger partial charge in [-0.2, -0.15) is 0 Å². The molecule has 222 valence electrons. The molecule has 0 N–H and O–H groups in total. The molecule has 1 aliphatic rings. The molecule has 6 aromatic carbocycles. The molecule has 4 heteroatoms. The first kappa shape index (κ1) is 26.6. The van der Waals surface area contributed by atoms with E-state index in [0.29, 0.717) is 5.95 Å². The van der Waals surface area contributed by atoms with Crippen molar-refractivity contribution in [2.45, 2.75) is 19.3 Å². The Kier molecular flexibility index (Phi) is 5.50. The second-order valence-electron chi connectivity index (χ2n) is 13.0. The Morgan fingerprint density at radius 3 is 2.09 bits per heavy atom. The first-order valence-corrected chi connectivity index (χ1v) is 16.9. The van der Waals surface area contributed by atoms with Crippen LogP contribution >= 0.6 is 11.3 Å².